The maximum Gasteiger partial charge on any atom is 0.134 e. The van der Waals surface area contributed by atoms with Gasteiger partial charge in [-0.2, -0.15) is 0 Å². The highest BCUT2D eigenvalue weighted by atomic mass is 16.5. The molecule has 0 bridgehead atoms. The molecule has 5 heteroatoms. The second-order valence-electron chi connectivity index (χ2n) is 5.21. The van der Waals surface area contributed by atoms with Gasteiger partial charge in [0, 0.05) is 32.4 Å². The van der Waals surface area contributed by atoms with Crippen molar-refractivity contribution in [2.45, 2.75) is 52.4 Å². The molecule has 0 aliphatic rings. The van der Waals surface area contributed by atoms with Gasteiger partial charge in [-0.25, -0.2) is 9.97 Å². The Morgan fingerprint density at radius 3 is 2.29 bits per heavy atom. The summed E-state index contributed by atoms with van der Waals surface area (Å²) in [6.07, 6.45) is 8.26. The number of nitrogens with one attached hydrogen (secondary N) is 2. The highest BCUT2D eigenvalue weighted by molar-refractivity contribution is 5.57. The van der Waals surface area contributed by atoms with Gasteiger partial charge in [0.05, 0.1) is 0 Å². The fourth-order valence-corrected chi connectivity index (χ4v) is 2.20. The predicted molar refractivity (Wildman–Crippen MR) is 89.0 cm³/mol. The van der Waals surface area contributed by atoms with Crippen LogP contribution in [-0.2, 0) is 11.2 Å². The van der Waals surface area contributed by atoms with Gasteiger partial charge in [0.15, 0.2) is 0 Å². The molecule has 0 aromatic carbocycles. The fourth-order valence-electron chi connectivity index (χ4n) is 2.20. The molecule has 1 heterocycles. The number of hydrogen-bond acceptors (Lipinski definition) is 5. The van der Waals surface area contributed by atoms with Crippen LogP contribution in [0.15, 0.2) is 6.33 Å². The van der Waals surface area contributed by atoms with Gasteiger partial charge in [-0.3, -0.25) is 0 Å². The van der Waals surface area contributed by atoms with Gasteiger partial charge in [0.2, 0.25) is 0 Å². The summed E-state index contributed by atoms with van der Waals surface area (Å²) in [4.78, 5) is 8.80. The molecular formula is C16H30N4O. The van der Waals surface area contributed by atoms with Crippen molar-refractivity contribution < 1.29 is 4.74 Å². The van der Waals surface area contributed by atoms with Crippen molar-refractivity contribution in [3.8, 4) is 0 Å². The molecule has 5 nitrogen and oxygen atoms in total. The minimum absolute atomic E-state index is 0.847. The lowest BCUT2D eigenvalue weighted by molar-refractivity contribution is 0.192. The van der Waals surface area contributed by atoms with Crippen LogP contribution in [0.2, 0.25) is 0 Å². The summed E-state index contributed by atoms with van der Waals surface area (Å²) in [5, 5.41) is 6.86. The second-order valence-corrected chi connectivity index (χ2v) is 5.21. The Balaban J connectivity index is 2.54. The lowest BCUT2D eigenvalue weighted by atomic mass is 10.1. The molecule has 0 saturated heterocycles. The minimum Gasteiger partial charge on any atom is -0.385 e. The smallest absolute Gasteiger partial charge is 0.134 e. The molecule has 0 aliphatic carbocycles. The molecule has 0 unspecified atom stereocenters. The Morgan fingerprint density at radius 1 is 0.952 bits per heavy atom. The molecule has 0 aliphatic heterocycles. The Kier molecular flexibility index (Phi) is 9.53. The van der Waals surface area contributed by atoms with Gasteiger partial charge in [-0.1, -0.05) is 20.3 Å². The number of hydrogen-bond donors (Lipinski definition) is 2. The summed E-state index contributed by atoms with van der Waals surface area (Å²) in [5.41, 5.74) is 1.21. The molecular weight excluding hydrogens is 264 g/mol. The van der Waals surface area contributed by atoms with Crippen LogP contribution < -0.4 is 10.6 Å². The molecule has 0 saturated carbocycles. The number of rotatable bonds is 12. The average molecular weight is 294 g/mol. The van der Waals surface area contributed by atoms with E-state index in [1.54, 1.807) is 13.4 Å². The Hall–Kier alpha value is -1.36. The van der Waals surface area contributed by atoms with Crippen LogP contribution in [0, 0.1) is 0 Å². The SMILES string of the molecule is CCCNc1ncnc(NCCCCCOC)c1CCC. The van der Waals surface area contributed by atoms with Crippen LogP contribution in [-0.4, -0.2) is 36.8 Å². The van der Waals surface area contributed by atoms with E-state index in [2.05, 4.69) is 34.4 Å². The van der Waals surface area contributed by atoms with E-state index in [1.807, 2.05) is 0 Å². The van der Waals surface area contributed by atoms with Crippen LogP contribution in [0.25, 0.3) is 0 Å². The van der Waals surface area contributed by atoms with Gasteiger partial charge in [0.25, 0.3) is 0 Å². The molecule has 0 fully saturated rings. The molecule has 21 heavy (non-hydrogen) atoms. The fraction of sp³-hybridized carbons (Fsp3) is 0.750. The van der Waals surface area contributed by atoms with Crippen molar-refractivity contribution in [1.82, 2.24) is 9.97 Å². The third-order valence-electron chi connectivity index (χ3n) is 3.31. The van der Waals surface area contributed by atoms with Crippen molar-refractivity contribution in [3.63, 3.8) is 0 Å². The normalized spacial score (nSPS) is 10.6. The number of nitrogens with zero attached hydrogens (tertiary/aromatic N) is 2. The summed E-state index contributed by atoms with van der Waals surface area (Å²) >= 11 is 0. The summed E-state index contributed by atoms with van der Waals surface area (Å²) in [6.45, 7) is 7.09. The predicted octanol–water partition coefficient (Wildman–Crippen LogP) is 3.48. The number of unbranched alkanes of at least 4 members (excludes halogenated alkanes) is 2. The van der Waals surface area contributed by atoms with Gasteiger partial charge >= 0.3 is 0 Å². The Morgan fingerprint density at radius 2 is 1.67 bits per heavy atom. The lowest BCUT2D eigenvalue weighted by Gasteiger charge is -2.14. The van der Waals surface area contributed by atoms with E-state index in [1.165, 1.54) is 12.0 Å². The Bertz CT molecular complexity index is 385. The Labute approximate surface area is 128 Å². The summed E-state index contributed by atoms with van der Waals surface area (Å²) in [7, 11) is 1.75. The van der Waals surface area contributed by atoms with Crippen molar-refractivity contribution >= 4 is 11.6 Å². The summed E-state index contributed by atoms with van der Waals surface area (Å²) in [5.74, 6) is 1.97. The van der Waals surface area contributed by atoms with E-state index >= 15 is 0 Å². The maximum atomic E-state index is 5.06. The standard InChI is InChI=1S/C16H30N4O/c1-4-9-14-15(17-10-5-2)19-13-20-16(14)18-11-7-6-8-12-21-3/h13H,4-12H2,1-3H3,(H2,17,18,19,20). The van der Waals surface area contributed by atoms with Crippen LogP contribution in [0.3, 0.4) is 0 Å². The van der Waals surface area contributed by atoms with E-state index in [9.17, 15) is 0 Å². The monoisotopic (exact) mass is 294 g/mol. The molecule has 120 valence electrons. The van der Waals surface area contributed by atoms with Gasteiger partial charge in [0.1, 0.15) is 18.0 Å². The van der Waals surface area contributed by atoms with Crippen LogP contribution >= 0.6 is 0 Å². The van der Waals surface area contributed by atoms with E-state index < -0.39 is 0 Å². The zero-order valence-electron chi connectivity index (χ0n) is 13.7. The van der Waals surface area contributed by atoms with E-state index in [-0.39, 0.29) is 0 Å². The van der Waals surface area contributed by atoms with Gasteiger partial charge < -0.3 is 15.4 Å². The van der Waals surface area contributed by atoms with Gasteiger partial charge in [-0.15, -0.1) is 0 Å². The van der Waals surface area contributed by atoms with E-state index in [0.29, 0.717) is 0 Å². The number of anilines is 2. The molecule has 0 atom stereocenters. The highest BCUT2D eigenvalue weighted by Crippen LogP contribution is 2.21. The first-order valence-corrected chi connectivity index (χ1v) is 8.14. The zero-order chi connectivity index (χ0) is 15.3. The minimum atomic E-state index is 0.847. The molecule has 0 spiro atoms. The number of methoxy groups -OCH3 is 1. The molecule has 0 amide bonds. The van der Waals surface area contributed by atoms with Crippen molar-refractivity contribution in [2.75, 3.05) is 37.4 Å². The maximum absolute atomic E-state index is 5.06. The number of aromatic nitrogens is 2. The second kappa shape index (κ2) is 11.3. The largest absolute Gasteiger partial charge is 0.385 e. The van der Waals surface area contributed by atoms with Crippen LogP contribution in [0.1, 0.15) is 51.5 Å². The van der Waals surface area contributed by atoms with Crippen LogP contribution in [0.5, 0.6) is 0 Å². The van der Waals surface area contributed by atoms with Crippen molar-refractivity contribution in [2.24, 2.45) is 0 Å². The van der Waals surface area contributed by atoms with E-state index in [0.717, 1.165) is 63.4 Å². The summed E-state index contributed by atoms with van der Waals surface area (Å²) in [6, 6.07) is 0. The van der Waals surface area contributed by atoms with Crippen molar-refractivity contribution in [3.05, 3.63) is 11.9 Å². The first kappa shape index (κ1) is 17.7. The first-order chi connectivity index (χ1) is 10.3. The topological polar surface area (TPSA) is 59.1 Å². The average Bonchev–Trinajstić information content (AvgIpc) is 2.50. The highest BCUT2D eigenvalue weighted by Gasteiger charge is 2.09. The van der Waals surface area contributed by atoms with Crippen LogP contribution in [0.4, 0.5) is 11.6 Å². The van der Waals surface area contributed by atoms with Gasteiger partial charge in [-0.05, 0) is 32.1 Å². The van der Waals surface area contributed by atoms with E-state index in [4.69, 9.17) is 4.74 Å². The quantitative estimate of drug-likeness (QED) is 0.578. The molecule has 1 aromatic rings. The molecule has 1 rings (SSSR count). The van der Waals surface area contributed by atoms with Crippen molar-refractivity contribution in [1.29, 1.82) is 0 Å². The lowest BCUT2D eigenvalue weighted by Crippen LogP contribution is -2.11. The zero-order valence-corrected chi connectivity index (χ0v) is 13.7. The molecule has 1 aromatic heterocycles. The molecule has 0 radical (unpaired) electrons. The molecule has 2 N–H and O–H groups in total. The first-order valence-electron chi connectivity index (χ1n) is 8.14. The summed E-state index contributed by atoms with van der Waals surface area (Å²) < 4.78 is 5.06. The third-order valence-corrected chi connectivity index (χ3v) is 3.31. The number of ether oxygens (including phenoxy) is 1. The third kappa shape index (κ3) is 6.76.